The van der Waals surface area contributed by atoms with Gasteiger partial charge in [0.2, 0.25) is 0 Å². The summed E-state index contributed by atoms with van der Waals surface area (Å²) in [5.74, 6) is 0. The van der Waals surface area contributed by atoms with Gasteiger partial charge in [-0.25, -0.2) is 0 Å². The van der Waals surface area contributed by atoms with E-state index in [9.17, 15) is 0 Å². The zero-order valence-corrected chi connectivity index (χ0v) is 6.98. The lowest BCUT2D eigenvalue weighted by Gasteiger charge is -2.01. The molecule has 3 nitrogen and oxygen atoms in total. The maximum absolute atomic E-state index is 5.26. The van der Waals surface area contributed by atoms with Gasteiger partial charge in [-0.2, -0.15) is 0 Å². The molecule has 4 heteroatoms. The number of anilines is 1. The Labute approximate surface area is 70.6 Å². The average Bonchev–Trinajstić information content (AvgIpc) is 1.93. The molecule has 1 aromatic rings. The van der Waals surface area contributed by atoms with Gasteiger partial charge in [0, 0.05) is 5.69 Å². The highest BCUT2D eigenvalue weighted by Crippen LogP contribution is 2.03. The van der Waals surface area contributed by atoms with Crippen molar-refractivity contribution < 1.29 is 0 Å². The highest BCUT2D eigenvalue weighted by Gasteiger charge is 1.91. The number of nitrogens with one attached hydrogen (secondary N) is 1. The summed E-state index contributed by atoms with van der Waals surface area (Å²) in [6.07, 6.45) is 1.69. The van der Waals surface area contributed by atoms with Gasteiger partial charge in [-0.05, 0) is 31.3 Å². The van der Waals surface area contributed by atoms with Gasteiger partial charge in [0.1, 0.15) is 0 Å². The van der Waals surface area contributed by atoms with E-state index in [0.717, 1.165) is 11.4 Å². The van der Waals surface area contributed by atoms with E-state index in [0.29, 0.717) is 0 Å². The number of aromatic nitrogens is 1. The number of pyridine rings is 1. The van der Waals surface area contributed by atoms with Crippen molar-refractivity contribution >= 4 is 23.0 Å². The van der Waals surface area contributed by atoms with Crippen LogP contribution in [0.25, 0.3) is 0 Å². The molecule has 0 unspecified atom stereocenters. The first kappa shape index (κ1) is 7.94. The average molecular weight is 167 g/mol. The molecule has 1 heterocycles. The summed E-state index contributed by atoms with van der Waals surface area (Å²) in [6.45, 7) is 1.92. The van der Waals surface area contributed by atoms with Crippen LogP contribution in [-0.4, -0.2) is 10.1 Å². The summed E-state index contributed by atoms with van der Waals surface area (Å²) < 4.78 is 0. The number of aryl methyl sites for hydroxylation is 1. The van der Waals surface area contributed by atoms with Gasteiger partial charge >= 0.3 is 0 Å². The summed E-state index contributed by atoms with van der Waals surface area (Å²) in [5, 5.41) is 3.04. The molecule has 0 saturated heterocycles. The second-order valence-corrected chi connectivity index (χ2v) is 2.62. The summed E-state index contributed by atoms with van der Waals surface area (Å²) in [6, 6.07) is 3.77. The van der Waals surface area contributed by atoms with Crippen LogP contribution in [-0.2, 0) is 0 Å². The van der Waals surface area contributed by atoms with E-state index in [-0.39, 0.29) is 5.11 Å². The third-order valence-corrected chi connectivity index (χ3v) is 1.28. The molecule has 11 heavy (non-hydrogen) atoms. The van der Waals surface area contributed by atoms with E-state index in [2.05, 4.69) is 22.5 Å². The van der Waals surface area contributed by atoms with Gasteiger partial charge in [0.25, 0.3) is 0 Å². The number of rotatable bonds is 1. The van der Waals surface area contributed by atoms with E-state index in [1.54, 1.807) is 6.20 Å². The van der Waals surface area contributed by atoms with E-state index in [4.69, 9.17) is 5.73 Å². The largest absolute Gasteiger partial charge is 0.376 e. The Balaban J connectivity index is 2.74. The quantitative estimate of drug-likeness (QED) is 0.614. The fourth-order valence-corrected chi connectivity index (χ4v) is 0.802. The van der Waals surface area contributed by atoms with Crippen molar-refractivity contribution in [2.75, 3.05) is 5.32 Å². The van der Waals surface area contributed by atoms with Gasteiger partial charge in [-0.1, -0.05) is 0 Å². The molecule has 0 bridgehead atoms. The number of hydrogen-bond acceptors (Lipinski definition) is 2. The second-order valence-electron chi connectivity index (χ2n) is 2.18. The number of thiocarbonyl (C=S) groups is 1. The minimum atomic E-state index is 0.260. The molecule has 1 aromatic heterocycles. The molecule has 0 amide bonds. The summed E-state index contributed by atoms with van der Waals surface area (Å²) in [5.41, 5.74) is 7.05. The Bertz CT molecular complexity index is 255. The molecular formula is C7H9N3S. The molecule has 0 aliphatic heterocycles. The molecule has 0 atom stereocenters. The zero-order chi connectivity index (χ0) is 8.27. The van der Waals surface area contributed by atoms with Crippen LogP contribution in [0.2, 0.25) is 0 Å². The molecule has 1 rings (SSSR count). The van der Waals surface area contributed by atoms with Gasteiger partial charge in [-0.3, -0.25) is 4.98 Å². The van der Waals surface area contributed by atoms with Crippen LogP contribution < -0.4 is 11.1 Å². The van der Waals surface area contributed by atoms with Crippen molar-refractivity contribution in [1.82, 2.24) is 4.98 Å². The highest BCUT2D eigenvalue weighted by atomic mass is 32.1. The van der Waals surface area contributed by atoms with Gasteiger partial charge in [0.05, 0.1) is 11.9 Å². The minimum absolute atomic E-state index is 0.260. The van der Waals surface area contributed by atoms with E-state index >= 15 is 0 Å². The Kier molecular flexibility index (Phi) is 2.38. The van der Waals surface area contributed by atoms with Crippen molar-refractivity contribution in [2.24, 2.45) is 5.73 Å². The number of nitrogens with zero attached hydrogens (tertiary/aromatic N) is 1. The lowest BCUT2D eigenvalue weighted by Crippen LogP contribution is -2.18. The predicted molar refractivity (Wildman–Crippen MR) is 49.4 cm³/mol. The van der Waals surface area contributed by atoms with Gasteiger partial charge in [-0.15, -0.1) is 0 Å². The molecule has 0 aromatic carbocycles. The maximum Gasteiger partial charge on any atom is 0.168 e. The molecule has 0 spiro atoms. The van der Waals surface area contributed by atoms with E-state index < -0.39 is 0 Å². The predicted octanol–water partition coefficient (Wildman–Crippen LogP) is 1.05. The van der Waals surface area contributed by atoms with Crippen molar-refractivity contribution in [2.45, 2.75) is 6.92 Å². The van der Waals surface area contributed by atoms with Gasteiger partial charge in [0.15, 0.2) is 5.11 Å². The molecule has 0 saturated carbocycles. The molecule has 58 valence electrons. The van der Waals surface area contributed by atoms with Crippen molar-refractivity contribution in [3.63, 3.8) is 0 Å². The molecular weight excluding hydrogens is 158 g/mol. The normalized spacial score (nSPS) is 9.18. The van der Waals surface area contributed by atoms with Gasteiger partial charge < -0.3 is 11.1 Å². The third-order valence-electron chi connectivity index (χ3n) is 1.18. The molecule has 0 aliphatic rings. The van der Waals surface area contributed by atoms with Crippen LogP contribution >= 0.6 is 12.2 Å². The van der Waals surface area contributed by atoms with Crippen LogP contribution in [0, 0.1) is 6.92 Å². The van der Waals surface area contributed by atoms with E-state index in [1.165, 1.54) is 0 Å². The van der Waals surface area contributed by atoms with Crippen LogP contribution in [0.1, 0.15) is 5.69 Å². The molecule has 0 fully saturated rings. The van der Waals surface area contributed by atoms with Crippen LogP contribution in [0.4, 0.5) is 5.69 Å². The standard InChI is InChI=1S/C7H9N3S/c1-5-2-3-6(4-9-5)10-7(8)11/h2-4H,1H3,(H3,8,10,11). The maximum atomic E-state index is 5.26. The Morgan fingerprint density at radius 1 is 1.64 bits per heavy atom. The highest BCUT2D eigenvalue weighted by molar-refractivity contribution is 7.80. The fourth-order valence-electron chi connectivity index (χ4n) is 0.684. The van der Waals surface area contributed by atoms with Crippen molar-refractivity contribution in [1.29, 1.82) is 0 Å². The molecule has 0 aliphatic carbocycles. The first-order valence-electron chi connectivity index (χ1n) is 3.17. The minimum Gasteiger partial charge on any atom is -0.376 e. The first-order chi connectivity index (χ1) is 5.18. The van der Waals surface area contributed by atoms with Crippen LogP contribution in [0.15, 0.2) is 18.3 Å². The van der Waals surface area contributed by atoms with Crippen LogP contribution in [0.5, 0.6) is 0 Å². The Morgan fingerprint density at radius 3 is 2.82 bits per heavy atom. The summed E-state index contributed by atoms with van der Waals surface area (Å²) in [7, 11) is 0. The first-order valence-corrected chi connectivity index (χ1v) is 3.58. The number of nitrogens with two attached hydrogens (primary N) is 1. The summed E-state index contributed by atoms with van der Waals surface area (Å²) in [4.78, 5) is 4.05. The van der Waals surface area contributed by atoms with Crippen molar-refractivity contribution in [3.05, 3.63) is 24.0 Å². The topological polar surface area (TPSA) is 50.9 Å². The van der Waals surface area contributed by atoms with Crippen LogP contribution in [0.3, 0.4) is 0 Å². The molecule has 3 N–H and O–H groups in total. The second kappa shape index (κ2) is 3.30. The lowest BCUT2D eigenvalue weighted by atomic mass is 10.3. The van der Waals surface area contributed by atoms with E-state index in [1.807, 2.05) is 19.1 Å². The Morgan fingerprint density at radius 2 is 2.36 bits per heavy atom. The monoisotopic (exact) mass is 167 g/mol. The fraction of sp³-hybridized carbons (Fsp3) is 0.143. The summed E-state index contributed by atoms with van der Waals surface area (Å²) >= 11 is 4.65. The smallest absolute Gasteiger partial charge is 0.168 e. The molecule has 0 radical (unpaired) electrons. The lowest BCUT2D eigenvalue weighted by molar-refractivity contribution is 1.20. The third kappa shape index (κ3) is 2.51. The SMILES string of the molecule is Cc1ccc(NC(N)=S)cn1. The number of hydrogen-bond donors (Lipinski definition) is 2. The van der Waals surface area contributed by atoms with Crippen molar-refractivity contribution in [3.8, 4) is 0 Å². The Hall–Kier alpha value is -1.16. The zero-order valence-electron chi connectivity index (χ0n) is 6.16.